The van der Waals surface area contributed by atoms with Gasteiger partial charge in [-0.1, -0.05) is 53.5 Å². The van der Waals surface area contributed by atoms with Crippen LogP contribution in [0.5, 0.6) is 5.75 Å². The van der Waals surface area contributed by atoms with Crippen molar-refractivity contribution in [3.63, 3.8) is 0 Å². The number of imide groups is 1. The number of hydrogen-bond donors (Lipinski definition) is 5. The van der Waals surface area contributed by atoms with Gasteiger partial charge in [0.1, 0.15) is 44.9 Å². The monoisotopic (exact) mass is 1520 g/mol. The topological polar surface area (TPSA) is 360 Å². The Bertz CT molecular complexity index is 3410. The normalized spacial score (nSPS) is 15.0. The average Bonchev–Trinajstić information content (AvgIpc) is 1.82. The number of unbranched alkanes of at least 4 members (excludes halogenated alkanes) is 2. The minimum Gasteiger partial charge on any atom is -0.460 e. The SMILES string of the molecule is CC[C@H](C)[C@H](CC(=O)C(C)(C)N(C)C)C(=O)N(C)[C@H](C[C@@H](OC(C)=O)c1nc(C(=O)N[C@@H](Cc2ccc(OC(=O)[C@H](CCCCNC(=O)OC(C)(C)C)NC(=O)OC(C)(C)C)c(NC(=O)CCCN3C(=O)C=CC3=O)c2)CC(C)C(=O)C[C@@H](CCCCNC(=O)OC(C)(C)C)C(=O)OC(C)(C)C)cs1)C(C)C. The number of likely N-dealkylation sites (N-methyl/N-ethyl adjacent to an activating group) is 1. The van der Waals surface area contributed by atoms with Crippen LogP contribution in [-0.4, -0.2) is 184 Å². The van der Waals surface area contributed by atoms with Gasteiger partial charge in [0.2, 0.25) is 11.8 Å². The summed E-state index contributed by atoms with van der Waals surface area (Å²) < 4.78 is 34.0. The fraction of sp³-hybridized carbons (Fsp3) is 0.692. The number of esters is 3. The molecule has 2 heterocycles. The lowest BCUT2D eigenvalue weighted by atomic mass is 9.81. The number of benzene rings is 1. The van der Waals surface area contributed by atoms with Crippen LogP contribution in [0.4, 0.5) is 20.1 Å². The molecule has 0 aliphatic carbocycles. The largest absolute Gasteiger partial charge is 0.460 e. The van der Waals surface area contributed by atoms with E-state index in [0.29, 0.717) is 31.2 Å². The highest BCUT2D eigenvalue weighted by atomic mass is 32.1. The summed E-state index contributed by atoms with van der Waals surface area (Å²) in [5, 5.41) is 15.6. The quantitative estimate of drug-likeness (QED) is 0.0136. The summed E-state index contributed by atoms with van der Waals surface area (Å²) in [6.07, 6.45) is 0.946. The van der Waals surface area contributed by atoms with Crippen molar-refractivity contribution in [3.05, 3.63) is 52.0 Å². The van der Waals surface area contributed by atoms with E-state index in [-0.39, 0.29) is 135 Å². The van der Waals surface area contributed by atoms with Crippen LogP contribution in [0, 0.1) is 29.6 Å². The maximum absolute atomic E-state index is 14.9. The maximum Gasteiger partial charge on any atom is 0.408 e. The van der Waals surface area contributed by atoms with Crippen molar-refractivity contribution in [2.24, 2.45) is 29.6 Å². The molecule has 3 rings (SSSR count). The molecule has 8 atom stereocenters. The van der Waals surface area contributed by atoms with Crippen LogP contribution in [0.25, 0.3) is 0 Å². The zero-order valence-electron chi connectivity index (χ0n) is 67.6. The Morgan fingerprint density at radius 1 is 0.654 bits per heavy atom. The molecule has 0 spiro atoms. The Morgan fingerprint density at radius 2 is 1.21 bits per heavy atom. The van der Waals surface area contributed by atoms with Crippen LogP contribution in [0.1, 0.15) is 249 Å². The number of amides is 8. The summed E-state index contributed by atoms with van der Waals surface area (Å²) in [5.41, 5.74) is -3.88. The van der Waals surface area contributed by atoms with E-state index in [2.05, 4.69) is 26.6 Å². The van der Waals surface area contributed by atoms with Crippen LogP contribution < -0.4 is 31.3 Å². The zero-order valence-corrected chi connectivity index (χ0v) is 68.5. The number of carbonyl (C=O) groups is 13. The van der Waals surface area contributed by atoms with E-state index >= 15 is 0 Å². The van der Waals surface area contributed by atoms with E-state index in [4.69, 9.17) is 33.4 Å². The van der Waals surface area contributed by atoms with Crippen LogP contribution in [0.2, 0.25) is 0 Å². The van der Waals surface area contributed by atoms with E-state index < -0.39 is 130 Å². The van der Waals surface area contributed by atoms with Gasteiger partial charge in [0.25, 0.3) is 17.7 Å². The molecule has 1 aromatic heterocycles. The number of nitrogens with zero attached hydrogens (tertiary/aromatic N) is 4. The molecule has 0 fully saturated rings. The lowest BCUT2D eigenvalue weighted by Crippen LogP contribution is -2.50. The van der Waals surface area contributed by atoms with Gasteiger partial charge < -0.3 is 59.9 Å². The summed E-state index contributed by atoms with van der Waals surface area (Å²) >= 11 is 1.05. The number of carbonyl (C=O) groups excluding carboxylic acids is 13. The molecule has 0 bridgehead atoms. The lowest BCUT2D eigenvalue weighted by Gasteiger charge is -2.38. The van der Waals surface area contributed by atoms with Crippen LogP contribution in [-0.2, 0) is 73.3 Å². The van der Waals surface area contributed by atoms with Crippen molar-refractivity contribution in [3.8, 4) is 5.75 Å². The Labute approximate surface area is 637 Å². The van der Waals surface area contributed by atoms with E-state index in [9.17, 15) is 62.3 Å². The van der Waals surface area contributed by atoms with Crippen molar-refractivity contribution in [1.82, 2.24) is 41.0 Å². The molecule has 28 nitrogen and oxygen atoms in total. The number of Topliss-reactive ketones (excluding diaryl/α,β-unsaturated/α-hetero) is 2. The highest BCUT2D eigenvalue weighted by molar-refractivity contribution is 7.09. The van der Waals surface area contributed by atoms with E-state index in [0.717, 1.165) is 28.4 Å². The number of ketones is 2. The minimum absolute atomic E-state index is 0.00196. The molecule has 0 saturated heterocycles. The minimum atomic E-state index is -1.33. The van der Waals surface area contributed by atoms with Crippen LogP contribution in [0.3, 0.4) is 0 Å². The number of anilines is 1. The summed E-state index contributed by atoms with van der Waals surface area (Å²) in [4.78, 5) is 186. The number of ether oxygens (including phenoxy) is 6. The van der Waals surface area contributed by atoms with Gasteiger partial charge in [0.15, 0.2) is 17.6 Å². The smallest absolute Gasteiger partial charge is 0.408 e. The third-order valence-corrected chi connectivity index (χ3v) is 18.8. The predicted octanol–water partition coefficient (Wildman–Crippen LogP) is 11.7. The molecule has 1 unspecified atom stereocenters. The van der Waals surface area contributed by atoms with Gasteiger partial charge in [-0.3, -0.25) is 53.0 Å². The van der Waals surface area contributed by atoms with Crippen molar-refractivity contribution in [2.45, 2.75) is 281 Å². The first-order valence-corrected chi connectivity index (χ1v) is 38.1. The molecule has 2 aromatic rings. The first kappa shape index (κ1) is 92.9. The molecule has 8 amide bonds. The number of hydrogen-bond acceptors (Lipinski definition) is 22. The van der Waals surface area contributed by atoms with Gasteiger partial charge in [-0.25, -0.2) is 24.2 Å². The van der Waals surface area contributed by atoms with Crippen LogP contribution in [0.15, 0.2) is 35.7 Å². The second-order valence-electron chi connectivity index (χ2n) is 32.8. The fourth-order valence-corrected chi connectivity index (χ4v) is 12.3. The summed E-state index contributed by atoms with van der Waals surface area (Å²) in [5.74, 6) is -8.20. The molecular formula is C78H123N9O19S. The molecule has 600 valence electrons. The Balaban J connectivity index is 2.20. The zero-order chi connectivity index (χ0) is 81.3. The summed E-state index contributed by atoms with van der Waals surface area (Å²) in [6.45, 7) is 35.1. The summed E-state index contributed by atoms with van der Waals surface area (Å²) in [7, 11) is 5.30. The average molecular weight is 1520 g/mol. The third kappa shape index (κ3) is 33.8. The molecule has 1 aliphatic heterocycles. The third-order valence-electron chi connectivity index (χ3n) is 17.9. The van der Waals surface area contributed by atoms with E-state index in [1.165, 1.54) is 24.4 Å². The molecule has 1 aliphatic rings. The number of aromatic nitrogens is 1. The molecule has 5 N–H and O–H groups in total. The molecule has 0 radical (unpaired) electrons. The number of alkyl carbamates (subject to hydrolysis) is 3. The van der Waals surface area contributed by atoms with Crippen molar-refractivity contribution in [2.75, 3.05) is 46.1 Å². The number of thiazole rings is 1. The first-order valence-electron chi connectivity index (χ1n) is 37.2. The predicted molar refractivity (Wildman–Crippen MR) is 406 cm³/mol. The Kier molecular flexibility index (Phi) is 36.3. The second-order valence-corrected chi connectivity index (χ2v) is 33.7. The molecule has 29 heteroatoms. The van der Waals surface area contributed by atoms with Gasteiger partial charge in [-0.2, -0.15) is 0 Å². The maximum atomic E-state index is 14.9. The van der Waals surface area contributed by atoms with Gasteiger partial charge >= 0.3 is 36.2 Å². The van der Waals surface area contributed by atoms with Crippen molar-refractivity contribution < 1.29 is 90.8 Å². The van der Waals surface area contributed by atoms with Crippen molar-refractivity contribution in [1.29, 1.82) is 0 Å². The van der Waals surface area contributed by atoms with Crippen LogP contribution >= 0.6 is 11.3 Å². The number of nitrogens with one attached hydrogen (secondary N) is 5. The molecule has 0 saturated carbocycles. The van der Waals surface area contributed by atoms with Gasteiger partial charge in [0, 0.05) is 101 Å². The van der Waals surface area contributed by atoms with Crippen molar-refractivity contribution >= 4 is 94.3 Å². The highest BCUT2D eigenvalue weighted by Crippen LogP contribution is 2.35. The van der Waals surface area contributed by atoms with Gasteiger partial charge in [0.05, 0.1) is 17.1 Å². The Hall–Kier alpha value is -8.34. The van der Waals surface area contributed by atoms with Gasteiger partial charge in [-0.15, -0.1) is 11.3 Å². The lowest BCUT2D eigenvalue weighted by molar-refractivity contribution is -0.161. The Morgan fingerprint density at radius 3 is 1.73 bits per heavy atom. The van der Waals surface area contributed by atoms with E-state index in [1.54, 1.807) is 108 Å². The first-order chi connectivity index (χ1) is 49.4. The molecular weight excluding hydrogens is 1400 g/mol. The second kappa shape index (κ2) is 41.8. The highest BCUT2D eigenvalue weighted by Gasteiger charge is 2.40. The van der Waals surface area contributed by atoms with Gasteiger partial charge in [-0.05, 0) is 192 Å². The van der Waals surface area contributed by atoms with E-state index in [1.807, 2.05) is 60.5 Å². The molecule has 1 aromatic carbocycles. The standard InChI is InChI=1S/C78H123N9O19S/c1-24-48(4)54(44-62(90)78(19,20)85(21)22)68(95)86(23)58(47(2)3)45-61(101-50(6)88)67-83-57(46-107-67)66(94)81-53(40-49(5)59(89)43-52(69(96)103-74(7,8)9)30-25-27-37-79-71(98)104-75(10,11)12)41-51-33-34-60(56(42-51)82-63(91)32-29-39-87-64(92)35-36-65(87)93)102-70(97)55(84-73(100)106-77(16,17)18)31-26-28-38-80-72(99)105-76(13,14)15/h33-36,42,46-49,52-55,58,61H,24-32,37-41,43-45H2,1-23H3,(H,79,98)(H,80,99)(H,81,94)(H,82,91)(H,84,100)/t48-,49?,52+,53+,54-,55-,58+,61+/m0/s1. The fourth-order valence-electron chi connectivity index (χ4n) is 11.4. The summed E-state index contributed by atoms with van der Waals surface area (Å²) in [6, 6.07) is 1.65. The number of rotatable bonds is 41. The molecule has 107 heavy (non-hydrogen) atoms.